The van der Waals surface area contributed by atoms with E-state index in [1.807, 2.05) is 6.07 Å². The number of hydrogen-bond acceptors (Lipinski definition) is 1. The van der Waals surface area contributed by atoms with Gasteiger partial charge in [-0.25, -0.2) is 4.98 Å². The Morgan fingerprint density at radius 3 is 2.71 bits per heavy atom. The van der Waals surface area contributed by atoms with Gasteiger partial charge in [0.15, 0.2) is 0 Å². The van der Waals surface area contributed by atoms with Gasteiger partial charge in [0, 0.05) is 46.9 Å². The summed E-state index contributed by atoms with van der Waals surface area (Å²) in [6.45, 7) is 0. The fraction of sp³-hybridized carbons (Fsp3) is 0.136. The van der Waals surface area contributed by atoms with Crippen LogP contribution in [0.1, 0.15) is 11.5 Å². The van der Waals surface area contributed by atoms with E-state index in [0.717, 1.165) is 17.1 Å². The van der Waals surface area contributed by atoms with Gasteiger partial charge in [0.05, 0.1) is 11.2 Å². The van der Waals surface area contributed by atoms with Crippen LogP contribution in [0.15, 0.2) is 72.4 Å². The van der Waals surface area contributed by atoms with E-state index in [1.165, 1.54) is 27.4 Å². The summed E-state index contributed by atoms with van der Waals surface area (Å²) in [7, 11) is 2.11. The molecular weight excluding hydrogens is 292 g/mol. The van der Waals surface area contributed by atoms with Gasteiger partial charge in [-0.15, -0.1) is 0 Å². The highest BCUT2D eigenvalue weighted by atomic mass is 14.9. The topological polar surface area (TPSA) is 17.8 Å². The van der Waals surface area contributed by atoms with Gasteiger partial charge < -0.3 is 4.57 Å². The molecule has 0 N–H and O–H groups in total. The first-order valence-corrected chi connectivity index (χ1v) is 8.46. The first kappa shape index (κ1) is 12.5. The Labute approximate surface area is 140 Å². The molecule has 1 fully saturated rings. The lowest BCUT2D eigenvalue weighted by atomic mass is 10.0. The molecule has 2 nitrogen and oxygen atoms in total. The number of allylic oxidation sites excluding steroid dienone is 2. The van der Waals surface area contributed by atoms with Crippen molar-refractivity contribution >= 4 is 21.8 Å². The number of aryl methyl sites for hydroxylation is 1. The lowest BCUT2D eigenvalue weighted by molar-refractivity contribution is 0.967. The molecule has 2 atom stereocenters. The number of fused-ring (bicyclic) bond motifs is 3. The summed E-state index contributed by atoms with van der Waals surface area (Å²) < 4.78 is 2.21. The Balaban J connectivity index is 1.57. The van der Waals surface area contributed by atoms with Gasteiger partial charge in [0.1, 0.15) is 0 Å². The summed E-state index contributed by atoms with van der Waals surface area (Å²) in [6, 6.07) is 19.5. The Kier molecular flexibility index (Phi) is 2.17. The minimum absolute atomic E-state index is 0.701. The number of para-hydroxylation sites is 1. The van der Waals surface area contributed by atoms with Crippen molar-refractivity contribution in [2.24, 2.45) is 13.0 Å². The van der Waals surface area contributed by atoms with Crippen LogP contribution in [0.25, 0.3) is 33.1 Å². The maximum absolute atomic E-state index is 4.90. The largest absolute Gasteiger partial charge is 0.350 e. The molecule has 24 heavy (non-hydrogen) atoms. The predicted molar refractivity (Wildman–Crippen MR) is 98.0 cm³/mol. The lowest BCUT2D eigenvalue weighted by Crippen LogP contribution is -1.87. The highest BCUT2D eigenvalue weighted by Gasteiger charge is 2.54. The van der Waals surface area contributed by atoms with Crippen LogP contribution in [0.3, 0.4) is 0 Å². The van der Waals surface area contributed by atoms with Crippen LogP contribution in [0.2, 0.25) is 0 Å². The number of pyridine rings is 1. The molecule has 4 aromatic rings. The quantitative estimate of drug-likeness (QED) is 0.474. The molecule has 1 unspecified atom stereocenters. The Morgan fingerprint density at radius 1 is 1.00 bits per heavy atom. The molecule has 0 radical (unpaired) electrons. The fourth-order valence-corrected chi connectivity index (χ4v) is 3.97. The van der Waals surface area contributed by atoms with E-state index >= 15 is 0 Å². The van der Waals surface area contributed by atoms with Crippen molar-refractivity contribution in [2.75, 3.05) is 0 Å². The second-order valence-corrected chi connectivity index (χ2v) is 6.99. The van der Waals surface area contributed by atoms with Crippen LogP contribution >= 0.6 is 0 Å². The van der Waals surface area contributed by atoms with Crippen molar-refractivity contribution < 1.29 is 0 Å². The summed E-state index contributed by atoms with van der Waals surface area (Å²) in [6.07, 6.45) is 4.57. The molecule has 2 aliphatic carbocycles. The molecule has 2 aromatic heterocycles. The van der Waals surface area contributed by atoms with Gasteiger partial charge in [-0.1, -0.05) is 42.0 Å². The zero-order valence-electron chi connectivity index (χ0n) is 13.4. The van der Waals surface area contributed by atoms with Crippen LogP contribution < -0.4 is 0 Å². The van der Waals surface area contributed by atoms with Crippen molar-refractivity contribution in [1.29, 1.82) is 0 Å². The maximum atomic E-state index is 4.90. The predicted octanol–water partition coefficient (Wildman–Crippen LogP) is 5.05. The van der Waals surface area contributed by atoms with Crippen LogP contribution in [-0.4, -0.2) is 9.55 Å². The van der Waals surface area contributed by atoms with Gasteiger partial charge in [0.25, 0.3) is 0 Å². The minimum atomic E-state index is 0.701. The molecule has 0 spiro atoms. The summed E-state index contributed by atoms with van der Waals surface area (Å²) >= 11 is 0. The molecule has 0 saturated heterocycles. The standard InChI is InChI=1S/C22H16N2/c1-24-12-18(20-8-6-13-4-2-3-5-19(13)23-20)15-10-14(7-9-21(15)24)22-16-11-17(16)22/h2-12,16,22H,1H3/t16?,22-/m0/s1. The van der Waals surface area contributed by atoms with Crippen LogP contribution in [0, 0.1) is 5.92 Å². The van der Waals surface area contributed by atoms with E-state index in [4.69, 9.17) is 4.98 Å². The molecule has 2 heterocycles. The molecule has 0 bridgehead atoms. The number of rotatable bonds is 2. The van der Waals surface area contributed by atoms with Crippen LogP contribution in [0.4, 0.5) is 0 Å². The highest BCUT2D eigenvalue weighted by molar-refractivity contribution is 5.97. The van der Waals surface area contributed by atoms with Crippen LogP contribution in [0.5, 0.6) is 0 Å². The van der Waals surface area contributed by atoms with Gasteiger partial charge in [0.2, 0.25) is 0 Å². The monoisotopic (exact) mass is 308 g/mol. The molecule has 2 aliphatic rings. The molecule has 2 heteroatoms. The second-order valence-electron chi connectivity index (χ2n) is 6.99. The summed E-state index contributed by atoms with van der Waals surface area (Å²) in [5.74, 6) is 1.49. The van der Waals surface area contributed by atoms with Crippen LogP contribution in [-0.2, 0) is 7.05 Å². The number of benzene rings is 2. The molecular formula is C22H16N2. The average Bonchev–Trinajstić information content (AvgIpc) is 3.50. The van der Waals surface area contributed by atoms with E-state index in [1.54, 1.807) is 5.57 Å². The first-order valence-electron chi connectivity index (χ1n) is 8.46. The van der Waals surface area contributed by atoms with Crippen molar-refractivity contribution in [2.45, 2.75) is 5.92 Å². The fourth-order valence-electron chi connectivity index (χ4n) is 3.97. The van der Waals surface area contributed by atoms with E-state index < -0.39 is 0 Å². The van der Waals surface area contributed by atoms with Crippen molar-refractivity contribution in [3.8, 4) is 11.3 Å². The second kappa shape index (κ2) is 4.15. The molecule has 1 saturated carbocycles. The van der Waals surface area contributed by atoms with Gasteiger partial charge in [-0.05, 0) is 29.8 Å². The maximum Gasteiger partial charge on any atom is 0.0731 e. The lowest BCUT2D eigenvalue weighted by Gasteiger charge is -2.05. The zero-order chi connectivity index (χ0) is 15.8. The molecule has 0 aliphatic heterocycles. The molecule has 0 amide bonds. The minimum Gasteiger partial charge on any atom is -0.350 e. The molecule has 6 rings (SSSR count). The zero-order valence-corrected chi connectivity index (χ0v) is 13.4. The Hall–Kier alpha value is -2.87. The van der Waals surface area contributed by atoms with E-state index in [2.05, 4.69) is 72.4 Å². The number of aromatic nitrogens is 2. The van der Waals surface area contributed by atoms with Crippen molar-refractivity contribution in [1.82, 2.24) is 9.55 Å². The Bertz CT molecular complexity index is 1180. The smallest absolute Gasteiger partial charge is 0.0731 e. The van der Waals surface area contributed by atoms with Crippen molar-refractivity contribution in [3.05, 3.63) is 78.0 Å². The van der Waals surface area contributed by atoms with E-state index in [9.17, 15) is 0 Å². The third-order valence-electron chi connectivity index (χ3n) is 5.50. The number of hydrogen-bond donors (Lipinski definition) is 0. The first-order chi connectivity index (χ1) is 11.8. The summed E-state index contributed by atoms with van der Waals surface area (Å²) in [5, 5.41) is 2.50. The van der Waals surface area contributed by atoms with E-state index in [-0.39, 0.29) is 0 Å². The molecule has 114 valence electrons. The Morgan fingerprint density at radius 2 is 1.88 bits per heavy atom. The third-order valence-corrected chi connectivity index (χ3v) is 5.50. The van der Waals surface area contributed by atoms with Gasteiger partial charge >= 0.3 is 0 Å². The van der Waals surface area contributed by atoms with Gasteiger partial charge in [-0.3, -0.25) is 0 Å². The summed E-state index contributed by atoms with van der Waals surface area (Å²) in [4.78, 5) is 4.90. The van der Waals surface area contributed by atoms with Gasteiger partial charge in [-0.2, -0.15) is 0 Å². The number of nitrogens with zero attached hydrogens (tertiary/aromatic N) is 2. The highest BCUT2D eigenvalue weighted by Crippen LogP contribution is 2.66. The average molecular weight is 308 g/mol. The summed E-state index contributed by atoms with van der Waals surface area (Å²) in [5.41, 5.74) is 7.69. The normalized spacial score (nSPS) is 21.0. The SMILES string of the molecule is Cn1cc(-c2ccc3ccccc3n2)c2cc([C@@H]3C4=CC43)ccc21. The molecule has 2 aromatic carbocycles. The van der Waals surface area contributed by atoms with E-state index in [0.29, 0.717) is 5.92 Å². The van der Waals surface area contributed by atoms with Crippen molar-refractivity contribution in [3.63, 3.8) is 0 Å². The third kappa shape index (κ3) is 1.63.